The molecule has 1 amide bonds. The molecule has 1 rings (SSSR count). The summed E-state index contributed by atoms with van der Waals surface area (Å²) in [7, 11) is 1.82. The van der Waals surface area contributed by atoms with Crippen molar-refractivity contribution in [3.8, 4) is 0 Å². The zero-order valence-corrected chi connectivity index (χ0v) is 11.4. The van der Waals surface area contributed by atoms with Crippen molar-refractivity contribution >= 4 is 17.5 Å². The fourth-order valence-corrected chi connectivity index (χ4v) is 1.47. The van der Waals surface area contributed by atoms with Gasteiger partial charge in [0.05, 0.1) is 18.9 Å². The maximum absolute atomic E-state index is 11.6. The van der Waals surface area contributed by atoms with Crippen molar-refractivity contribution in [2.75, 3.05) is 30.4 Å². The van der Waals surface area contributed by atoms with Gasteiger partial charge < -0.3 is 15.5 Å². The van der Waals surface area contributed by atoms with Crippen LogP contribution < -0.4 is 15.5 Å². The maximum atomic E-state index is 11.6. The summed E-state index contributed by atoms with van der Waals surface area (Å²) in [4.78, 5) is 21.9. The first-order valence-electron chi connectivity index (χ1n) is 6.09. The maximum Gasteiger partial charge on any atom is 0.239 e. The van der Waals surface area contributed by atoms with E-state index in [0.29, 0.717) is 11.6 Å². The predicted octanol–water partition coefficient (Wildman–Crippen LogP) is 0.869. The Hall–Kier alpha value is -1.85. The summed E-state index contributed by atoms with van der Waals surface area (Å²) in [5, 5.41) is 5.93. The van der Waals surface area contributed by atoms with E-state index in [0.717, 1.165) is 6.54 Å². The quantitative estimate of drug-likeness (QED) is 0.785. The van der Waals surface area contributed by atoms with Crippen molar-refractivity contribution in [1.82, 2.24) is 15.3 Å². The first-order chi connectivity index (χ1) is 8.52. The second-order valence-corrected chi connectivity index (χ2v) is 4.37. The third kappa shape index (κ3) is 4.57. The Balaban J connectivity index is 2.63. The van der Waals surface area contributed by atoms with Crippen LogP contribution in [-0.4, -0.2) is 42.1 Å². The number of nitrogens with one attached hydrogen (secondary N) is 2. The SMILES string of the molecule is CCNc1cncc(N(C)CC(=O)NC(C)C)n1. The Morgan fingerprint density at radius 3 is 2.78 bits per heavy atom. The topological polar surface area (TPSA) is 70.2 Å². The van der Waals surface area contributed by atoms with E-state index in [1.165, 1.54) is 0 Å². The summed E-state index contributed by atoms with van der Waals surface area (Å²) >= 11 is 0. The van der Waals surface area contributed by atoms with E-state index in [1.807, 2.05) is 27.8 Å². The van der Waals surface area contributed by atoms with E-state index in [-0.39, 0.29) is 18.5 Å². The molecule has 0 saturated carbocycles. The van der Waals surface area contributed by atoms with Gasteiger partial charge in [-0.1, -0.05) is 0 Å². The highest BCUT2D eigenvalue weighted by Crippen LogP contribution is 2.10. The van der Waals surface area contributed by atoms with Gasteiger partial charge >= 0.3 is 0 Å². The van der Waals surface area contributed by atoms with Crippen molar-refractivity contribution in [3.63, 3.8) is 0 Å². The van der Waals surface area contributed by atoms with Crippen LogP contribution in [0.5, 0.6) is 0 Å². The molecule has 0 atom stereocenters. The molecule has 2 N–H and O–H groups in total. The third-order valence-corrected chi connectivity index (χ3v) is 2.20. The molecule has 100 valence electrons. The normalized spacial score (nSPS) is 10.3. The van der Waals surface area contributed by atoms with E-state index in [2.05, 4.69) is 20.6 Å². The van der Waals surface area contributed by atoms with Crippen LogP contribution in [0.2, 0.25) is 0 Å². The molecule has 0 saturated heterocycles. The standard InChI is InChI=1S/C12H21N5O/c1-5-14-10-6-13-7-11(16-10)17(4)8-12(18)15-9(2)3/h6-7,9H,5,8H2,1-4H3,(H,14,16)(H,15,18). The average Bonchev–Trinajstić information content (AvgIpc) is 2.28. The molecule has 0 radical (unpaired) electrons. The summed E-state index contributed by atoms with van der Waals surface area (Å²) in [6, 6.07) is 0.144. The smallest absolute Gasteiger partial charge is 0.239 e. The molecule has 0 aliphatic carbocycles. The summed E-state index contributed by atoms with van der Waals surface area (Å²) in [6.45, 7) is 6.92. The molecule has 0 aromatic carbocycles. The number of hydrogen-bond donors (Lipinski definition) is 2. The molecule has 18 heavy (non-hydrogen) atoms. The number of carbonyl (C=O) groups is 1. The van der Waals surface area contributed by atoms with Crippen LogP contribution in [0.25, 0.3) is 0 Å². The van der Waals surface area contributed by atoms with Gasteiger partial charge in [0.1, 0.15) is 11.6 Å². The van der Waals surface area contributed by atoms with Crippen molar-refractivity contribution < 1.29 is 4.79 Å². The Morgan fingerprint density at radius 2 is 2.17 bits per heavy atom. The van der Waals surface area contributed by atoms with Gasteiger partial charge in [-0.25, -0.2) is 4.98 Å². The monoisotopic (exact) mass is 251 g/mol. The van der Waals surface area contributed by atoms with Gasteiger partial charge in [0.25, 0.3) is 0 Å². The molecule has 0 fully saturated rings. The zero-order chi connectivity index (χ0) is 13.5. The van der Waals surface area contributed by atoms with E-state index in [1.54, 1.807) is 17.3 Å². The molecule has 6 heteroatoms. The molecule has 0 aliphatic heterocycles. The third-order valence-electron chi connectivity index (χ3n) is 2.20. The fraction of sp³-hybridized carbons (Fsp3) is 0.583. The molecule has 0 bridgehead atoms. The highest BCUT2D eigenvalue weighted by atomic mass is 16.2. The van der Waals surface area contributed by atoms with Crippen LogP contribution >= 0.6 is 0 Å². The Kier molecular flexibility index (Phi) is 5.35. The lowest BCUT2D eigenvalue weighted by atomic mass is 10.4. The second-order valence-electron chi connectivity index (χ2n) is 4.37. The molecule has 0 aliphatic rings. The molecule has 0 unspecified atom stereocenters. The first-order valence-corrected chi connectivity index (χ1v) is 6.09. The van der Waals surface area contributed by atoms with Crippen LogP contribution in [-0.2, 0) is 4.79 Å². The van der Waals surface area contributed by atoms with Crippen molar-refractivity contribution in [3.05, 3.63) is 12.4 Å². The number of hydrogen-bond acceptors (Lipinski definition) is 5. The minimum absolute atomic E-state index is 0.0249. The van der Waals surface area contributed by atoms with Gasteiger partial charge in [-0.2, -0.15) is 0 Å². The van der Waals surface area contributed by atoms with Crippen LogP contribution in [0.3, 0.4) is 0 Å². The molecular formula is C12H21N5O. The molecular weight excluding hydrogens is 230 g/mol. The lowest BCUT2D eigenvalue weighted by Gasteiger charge is -2.18. The number of aromatic nitrogens is 2. The largest absolute Gasteiger partial charge is 0.369 e. The Morgan fingerprint density at radius 1 is 1.44 bits per heavy atom. The average molecular weight is 251 g/mol. The number of likely N-dealkylation sites (N-methyl/N-ethyl adjacent to an activating group) is 1. The van der Waals surface area contributed by atoms with Gasteiger partial charge in [0.15, 0.2) is 0 Å². The highest BCUT2D eigenvalue weighted by molar-refractivity contribution is 5.81. The number of carbonyl (C=O) groups excluding carboxylic acids is 1. The van der Waals surface area contributed by atoms with Crippen LogP contribution in [0.4, 0.5) is 11.6 Å². The van der Waals surface area contributed by atoms with Crippen molar-refractivity contribution in [1.29, 1.82) is 0 Å². The summed E-state index contributed by atoms with van der Waals surface area (Å²) in [6.07, 6.45) is 3.30. The molecule has 6 nitrogen and oxygen atoms in total. The highest BCUT2D eigenvalue weighted by Gasteiger charge is 2.10. The van der Waals surface area contributed by atoms with Gasteiger partial charge in [-0.05, 0) is 20.8 Å². The summed E-state index contributed by atoms with van der Waals surface area (Å²) < 4.78 is 0. The van der Waals surface area contributed by atoms with Crippen molar-refractivity contribution in [2.24, 2.45) is 0 Å². The zero-order valence-electron chi connectivity index (χ0n) is 11.4. The van der Waals surface area contributed by atoms with E-state index in [4.69, 9.17) is 0 Å². The van der Waals surface area contributed by atoms with Crippen molar-refractivity contribution in [2.45, 2.75) is 26.8 Å². The predicted molar refractivity (Wildman–Crippen MR) is 72.7 cm³/mol. The van der Waals surface area contributed by atoms with Gasteiger partial charge in [-0.3, -0.25) is 9.78 Å². The van der Waals surface area contributed by atoms with E-state index in [9.17, 15) is 4.79 Å². The number of amides is 1. The summed E-state index contributed by atoms with van der Waals surface area (Å²) in [5.74, 6) is 1.36. The number of rotatable bonds is 6. The van der Waals surface area contributed by atoms with E-state index < -0.39 is 0 Å². The summed E-state index contributed by atoms with van der Waals surface area (Å²) in [5.41, 5.74) is 0. The van der Waals surface area contributed by atoms with Crippen LogP contribution in [0, 0.1) is 0 Å². The molecule has 1 aromatic rings. The minimum Gasteiger partial charge on any atom is -0.369 e. The lowest BCUT2D eigenvalue weighted by molar-refractivity contribution is -0.120. The van der Waals surface area contributed by atoms with Gasteiger partial charge in [0.2, 0.25) is 5.91 Å². The Labute approximate surface area is 108 Å². The Bertz CT molecular complexity index is 394. The second kappa shape index (κ2) is 6.78. The molecule has 1 aromatic heterocycles. The number of nitrogens with zero attached hydrogens (tertiary/aromatic N) is 3. The van der Waals surface area contributed by atoms with Gasteiger partial charge in [0, 0.05) is 19.6 Å². The van der Waals surface area contributed by atoms with Crippen LogP contribution in [0.1, 0.15) is 20.8 Å². The van der Waals surface area contributed by atoms with E-state index >= 15 is 0 Å². The lowest BCUT2D eigenvalue weighted by Crippen LogP contribution is -2.38. The molecule has 1 heterocycles. The fourth-order valence-electron chi connectivity index (χ4n) is 1.47. The molecule has 0 spiro atoms. The number of anilines is 2. The van der Waals surface area contributed by atoms with Gasteiger partial charge in [-0.15, -0.1) is 0 Å². The van der Waals surface area contributed by atoms with Crippen LogP contribution in [0.15, 0.2) is 12.4 Å². The minimum atomic E-state index is -0.0249. The first kappa shape index (κ1) is 14.2.